The van der Waals surface area contributed by atoms with Crippen molar-refractivity contribution in [2.24, 2.45) is 0 Å². The predicted octanol–water partition coefficient (Wildman–Crippen LogP) is -2.14. The molecule has 3 N–H and O–H groups in total. The van der Waals surface area contributed by atoms with Gasteiger partial charge in [-0.1, -0.05) is 24.3 Å². The van der Waals surface area contributed by atoms with E-state index in [1.807, 2.05) is 0 Å². The molecule has 2 aromatic rings. The second kappa shape index (κ2) is 8.42. The van der Waals surface area contributed by atoms with Gasteiger partial charge in [-0.15, -0.1) is 0 Å². The second-order valence-electron chi connectivity index (χ2n) is 3.29. The van der Waals surface area contributed by atoms with E-state index >= 15 is 0 Å². The number of carbonyl (C=O) groups is 1. The fourth-order valence-electron chi connectivity index (χ4n) is 1.11. The van der Waals surface area contributed by atoms with Crippen LogP contribution in [0.15, 0.2) is 48.5 Å². The molecule has 0 saturated heterocycles. The molecule has 0 aliphatic rings. The summed E-state index contributed by atoms with van der Waals surface area (Å²) >= 11 is 0. The first kappa shape index (κ1) is 17.3. The van der Waals surface area contributed by atoms with E-state index in [-0.39, 0.29) is 52.4 Å². The van der Waals surface area contributed by atoms with Crippen molar-refractivity contribution in [3.8, 4) is 17.2 Å². The van der Waals surface area contributed by atoms with Crippen molar-refractivity contribution < 1.29 is 54.8 Å². The number of phenolic OH excluding ortho intramolecular Hbond substituents is 2. The minimum absolute atomic E-state index is 0. The number of benzene rings is 2. The molecule has 0 heterocycles. The van der Waals surface area contributed by atoms with Gasteiger partial charge in [0, 0.05) is 5.56 Å². The molecule has 0 atom stereocenters. The van der Waals surface area contributed by atoms with Crippen LogP contribution in [0.5, 0.6) is 17.2 Å². The average molecular weight is 270 g/mol. The van der Waals surface area contributed by atoms with Crippen molar-refractivity contribution in [3.63, 3.8) is 0 Å². The Labute approximate surface area is 132 Å². The van der Waals surface area contributed by atoms with Gasteiger partial charge in [-0.2, -0.15) is 0 Å². The van der Waals surface area contributed by atoms with E-state index in [4.69, 9.17) is 15.3 Å². The summed E-state index contributed by atoms with van der Waals surface area (Å²) < 4.78 is 0. The van der Waals surface area contributed by atoms with Crippen molar-refractivity contribution in [1.29, 1.82) is 0 Å². The number of hydrogen-bond donors (Lipinski definition) is 3. The van der Waals surface area contributed by atoms with E-state index in [2.05, 4.69) is 0 Å². The van der Waals surface area contributed by atoms with Crippen molar-refractivity contribution >= 4 is 5.97 Å². The Morgan fingerprint density at radius 2 is 1.16 bits per heavy atom. The van der Waals surface area contributed by atoms with Crippen LogP contribution in [-0.4, -0.2) is 21.3 Å². The van der Waals surface area contributed by atoms with Crippen LogP contribution in [0.2, 0.25) is 0 Å². The van der Waals surface area contributed by atoms with Gasteiger partial charge in [0.1, 0.15) is 5.75 Å². The molecule has 0 bridgehead atoms. The average Bonchev–Trinajstić information content (AvgIpc) is 2.34. The van der Waals surface area contributed by atoms with Crippen LogP contribution in [0.1, 0.15) is 10.4 Å². The van der Waals surface area contributed by atoms with Crippen LogP contribution in [-0.2, 0) is 0 Å². The van der Waals surface area contributed by atoms with Crippen LogP contribution in [0.4, 0.5) is 0 Å². The number of aromatic hydroxyl groups is 3. The Hall–Kier alpha value is -1.69. The first-order valence-electron chi connectivity index (χ1n) is 4.98. The van der Waals surface area contributed by atoms with E-state index < -0.39 is 5.97 Å². The largest absolute Gasteiger partial charge is 1.00 e. The normalized spacial score (nSPS) is 8.63. The summed E-state index contributed by atoms with van der Waals surface area (Å²) in [4.78, 5) is 10.2. The Balaban J connectivity index is 0.000000331. The van der Waals surface area contributed by atoms with E-state index in [9.17, 15) is 9.90 Å². The molecule has 94 valence electrons. The van der Waals surface area contributed by atoms with Gasteiger partial charge in [0.15, 0.2) is 11.5 Å². The van der Waals surface area contributed by atoms with Crippen LogP contribution in [0.3, 0.4) is 0 Å². The Morgan fingerprint density at radius 1 is 0.789 bits per heavy atom. The molecule has 0 aliphatic carbocycles. The fourth-order valence-corrected chi connectivity index (χ4v) is 1.11. The molecular formula is C13H11NaO5. The molecule has 0 unspecified atom stereocenters. The van der Waals surface area contributed by atoms with Crippen molar-refractivity contribution in [2.45, 2.75) is 0 Å². The van der Waals surface area contributed by atoms with Gasteiger partial charge in [0.2, 0.25) is 0 Å². The van der Waals surface area contributed by atoms with Gasteiger partial charge < -0.3 is 25.2 Å². The number of carboxylic acid groups (broad SMARTS) is 1. The molecule has 0 aromatic heterocycles. The number of phenols is 3. The molecular weight excluding hydrogens is 259 g/mol. The summed E-state index contributed by atoms with van der Waals surface area (Å²) in [5, 5.41) is 36.3. The maximum absolute atomic E-state index is 10.2. The van der Waals surface area contributed by atoms with E-state index in [0.717, 1.165) is 0 Å². The van der Waals surface area contributed by atoms with Crippen LogP contribution < -0.4 is 34.7 Å². The van der Waals surface area contributed by atoms with E-state index in [1.165, 1.54) is 30.3 Å². The quantitative estimate of drug-likeness (QED) is 0.405. The van der Waals surface area contributed by atoms with Gasteiger partial charge >= 0.3 is 29.6 Å². The zero-order chi connectivity index (χ0) is 13.5. The van der Waals surface area contributed by atoms with E-state index in [0.29, 0.717) is 0 Å². The first-order chi connectivity index (χ1) is 8.52. The van der Waals surface area contributed by atoms with Crippen LogP contribution in [0.25, 0.3) is 0 Å². The van der Waals surface area contributed by atoms with Gasteiger partial charge in [0.05, 0.1) is 5.97 Å². The number of carboxylic acids is 1. The second-order valence-corrected chi connectivity index (χ2v) is 3.29. The Morgan fingerprint density at radius 3 is 1.42 bits per heavy atom. The number of para-hydroxylation sites is 3. The van der Waals surface area contributed by atoms with Crippen molar-refractivity contribution in [1.82, 2.24) is 0 Å². The van der Waals surface area contributed by atoms with Gasteiger partial charge in [-0.3, -0.25) is 0 Å². The zero-order valence-electron chi connectivity index (χ0n) is 10.3. The third-order valence-electron chi connectivity index (χ3n) is 2.01. The first-order valence-corrected chi connectivity index (χ1v) is 4.98. The standard InChI is InChI=1S/C7H6O3.C6H6O2.Na/c8-6-4-2-1-3-5(6)7(9)10;7-5-3-1-2-4-6(5)8;/h1-4,8H,(H,9,10);1-4,7-8H;/q;;+1/p-1. The van der Waals surface area contributed by atoms with Gasteiger partial charge in [-0.05, 0) is 24.3 Å². The van der Waals surface area contributed by atoms with Gasteiger partial charge in [-0.25, -0.2) is 0 Å². The van der Waals surface area contributed by atoms with Crippen molar-refractivity contribution in [3.05, 3.63) is 54.1 Å². The molecule has 0 spiro atoms. The zero-order valence-corrected chi connectivity index (χ0v) is 12.3. The minimum atomic E-state index is -1.36. The summed E-state index contributed by atoms with van der Waals surface area (Å²) in [5.41, 5.74) is -0.178. The number of aromatic carboxylic acids is 1. The SMILES string of the molecule is O=C([O-])c1ccccc1O.Oc1ccccc1O.[Na+]. The predicted molar refractivity (Wildman–Crippen MR) is 62.2 cm³/mol. The Kier molecular flexibility index (Phi) is 7.67. The molecule has 19 heavy (non-hydrogen) atoms. The summed E-state index contributed by atoms with van der Waals surface area (Å²) in [6, 6.07) is 11.8. The summed E-state index contributed by atoms with van der Waals surface area (Å²) in [5.74, 6) is -1.78. The smallest absolute Gasteiger partial charge is 0.545 e. The summed E-state index contributed by atoms with van der Waals surface area (Å²) in [6.45, 7) is 0. The number of hydrogen-bond acceptors (Lipinski definition) is 5. The maximum Gasteiger partial charge on any atom is 1.00 e. The molecule has 0 radical (unpaired) electrons. The number of rotatable bonds is 1. The van der Waals surface area contributed by atoms with Crippen LogP contribution in [0, 0.1) is 0 Å². The van der Waals surface area contributed by atoms with Crippen LogP contribution >= 0.6 is 0 Å². The third-order valence-corrected chi connectivity index (χ3v) is 2.01. The molecule has 0 amide bonds. The van der Waals surface area contributed by atoms with Crippen molar-refractivity contribution in [2.75, 3.05) is 0 Å². The molecule has 2 rings (SSSR count). The third kappa shape index (κ3) is 5.65. The summed E-state index contributed by atoms with van der Waals surface area (Å²) in [6.07, 6.45) is 0. The number of carbonyl (C=O) groups excluding carboxylic acids is 1. The Bertz CT molecular complexity index is 521. The molecule has 0 aliphatic heterocycles. The van der Waals surface area contributed by atoms with Gasteiger partial charge in [0.25, 0.3) is 0 Å². The molecule has 0 saturated carbocycles. The fraction of sp³-hybridized carbons (Fsp3) is 0. The molecule has 5 nitrogen and oxygen atoms in total. The molecule has 2 aromatic carbocycles. The minimum Gasteiger partial charge on any atom is -0.545 e. The topological polar surface area (TPSA) is 101 Å². The van der Waals surface area contributed by atoms with E-state index in [1.54, 1.807) is 18.2 Å². The molecule has 6 heteroatoms. The molecule has 0 fully saturated rings. The summed E-state index contributed by atoms with van der Waals surface area (Å²) in [7, 11) is 0. The maximum atomic E-state index is 10.2. The monoisotopic (exact) mass is 270 g/mol.